The van der Waals surface area contributed by atoms with Gasteiger partial charge in [-0.25, -0.2) is 0 Å². The normalized spacial score (nSPS) is 11.4. The van der Waals surface area contributed by atoms with Crippen molar-refractivity contribution in [1.29, 1.82) is 0 Å². The highest BCUT2D eigenvalue weighted by atomic mass is 16.5. The van der Waals surface area contributed by atoms with Gasteiger partial charge in [-0.05, 0) is 12.8 Å². The Morgan fingerprint density at radius 2 is 0.825 bits per heavy atom. The van der Waals surface area contributed by atoms with Crippen LogP contribution >= 0.6 is 0 Å². The van der Waals surface area contributed by atoms with E-state index in [0.29, 0.717) is 32.1 Å². The van der Waals surface area contributed by atoms with E-state index in [2.05, 4.69) is 13.8 Å². The van der Waals surface area contributed by atoms with Gasteiger partial charge in [-0.2, -0.15) is 0 Å². The standard InChI is InChI=1S/C36H73NO3/c1-3-5-7-9-11-13-15-17-19-21-23-25-27-29-31-37(32-34-40-35-33-38)36(39)30-28-26-24-22-20-18-16-14-12-10-8-6-4-2/h38H,3-35H2,1-2H3. The summed E-state index contributed by atoms with van der Waals surface area (Å²) in [4.78, 5) is 14.9. The summed E-state index contributed by atoms with van der Waals surface area (Å²) in [7, 11) is 0. The molecule has 0 unspecified atom stereocenters. The first-order valence-corrected chi connectivity index (χ1v) is 18.2. The molecule has 0 saturated heterocycles. The van der Waals surface area contributed by atoms with Crippen molar-refractivity contribution in [3.8, 4) is 0 Å². The van der Waals surface area contributed by atoms with Crippen molar-refractivity contribution in [1.82, 2.24) is 4.90 Å². The topological polar surface area (TPSA) is 49.8 Å². The number of carbonyl (C=O) groups excluding carboxylic acids is 1. The zero-order valence-electron chi connectivity index (χ0n) is 27.5. The molecule has 40 heavy (non-hydrogen) atoms. The Morgan fingerprint density at radius 1 is 0.475 bits per heavy atom. The smallest absolute Gasteiger partial charge is 0.222 e. The Labute approximate surface area is 251 Å². The molecule has 0 aliphatic carbocycles. The average Bonchev–Trinajstić information content (AvgIpc) is 2.96. The quantitative estimate of drug-likeness (QED) is 0.0787. The van der Waals surface area contributed by atoms with Gasteiger partial charge in [0.15, 0.2) is 0 Å². The van der Waals surface area contributed by atoms with E-state index in [4.69, 9.17) is 9.84 Å². The maximum Gasteiger partial charge on any atom is 0.222 e. The van der Waals surface area contributed by atoms with Crippen molar-refractivity contribution in [2.75, 3.05) is 32.9 Å². The average molecular weight is 568 g/mol. The zero-order chi connectivity index (χ0) is 29.2. The molecule has 0 fully saturated rings. The molecule has 0 aromatic carbocycles. The lowest BCUT2D eigenvalue weighted by Crippen LogP contribution is -2.35. The number of hydrogen-bond acceptors (Lipinski definition) is 3. The second kappa shape index (κ2) is 34.6. The summed E-state index contributed by atoms with van der Waals surface area (Å²) >= 11 is 0. The van der Waals surface area contributed by atoms with E-state index in [9.17, 15) is 4.79 Å². The van der Waals surface area contributed by atoms with Crippen molar-refractivity contribution in [3.05, 3.63) is 0 Å². The van der Waals surface area contributed by atoms with Gasteiger partial charge >= 0.3 is 0 Å². The van der Waals surface area contributed by atoms with Crippen molar-refractivity contribution in [2.24, 2.45) is 0 Å². The summed E-state index contributed by atoms with van der Waals surface area (Å²) in [5.74, 6) is 0.297. The first-order chi connectivity index (χ1) is 19.8. The molecular formula is C36H73NO3. The molecule has 1 N–H and O–H groups in total. The second-order valence-corrected chi connectivity index (χ2v) is 12.3. The Bertz CT molecular complexity index is 485. The van der Waals surface area contributed by atoms with Crippen molar-refractivity contribution in [2.45, 2.75) is 194 Å². The monoisotopic (exact) mass is 568 g/mol. The summed E-state index contributed by atoms with van der Waals surface area (Å²) in [5.41, 5.74) is 0. The largest absolute Gasteiger partial charge is 0.394 e. The number of aliphatic hydroxyl groups is 1. The van der Waals surface area contributed by atoms with Crippen LogP contribution in [0.2, 0.25) is 0 Å². The Morgan fingerprint density at radius 3 is 1.20 bits per heavy atom. The summed E-state index contributed by atoms with van der Waals surface area (Å²) in [6.07, 6.45) is 37.0. The Kier molecular flexibility index (Phi) is 34.1. The molecule has 240 valence electrons. The molecule has 0 saturated carbocycles. The molecule has 1 amide bonds. The minimum Gasteiger partial charge on any atom is -0.394 e. The van der Waals surface area contributed by atoms with E-state index in [1.165, 1.54) is 161 Å². The lowest BCUT2D eigenvalue weighted by atomic mass is 10.0. The minimum absolute atomic E-state index is 0.0475. The summed E-state index contributed by atoms with van der Waals surface area (Å²) in [5, 5.41) is 8.97. The highest BCUT2D eigenvalue weighted by Gasteiger charge is 2.12. The van der Waals surface area contributed by atoms with Crippen LogP contribution in [-0.4, -0.2) is 48.8 Å². The van der Waals surface area contributed by atoms with Gasteiger partial charge in [0.05, 0.1) is 19.8 Å². The van der Waals surface area contributed by atoms with Crippen LogP contribution in [0.4, 0.5) is 0 Å². The third kappa shape index (κ3) is 30.4. The van der Waals surface area contributed by atoms with Crippen LogP contribution in [0.25, 0.3) is 0 Å². The number of hydrogen-bond donors (Lipinski definition) is 1. The lowest BCUT2D eigenvalue weighted by Gasteiger charge is -2.23. The molecule has 0 spiro atoms. The second-order valence-electron chi connectivity index (χ2n) is 12.3. The molecule has 0 heterocycles. The SMILES string of the molecule is CCCCCCCCCCCCCCCCN(CCOCCO)C(=O)CCCCCCCCCCCCCCC. The third-order valence-corrected chi connectivity index (χ3v) is 8.37. The summed E-state index contributed by atoms with van der Waals surface area (Å²) in [6.45, 7) is 7.03. The maximum absolute atomic E-state index is 12.9. The minimum atomic E-state index is 0.0475. The van der Waals surface area contributed by atoms with Gasteiger partial charge < -0.3 is 14.7 Å². The van der Waals surface area contributed by atoms with Crippen molar-refractivity contribution in [3.63, 3.8) is 0 Å². The molecule has 4 nitrogen and oxygen atoms in total. The molecule has 0 rings (SSSR count). The van der Waals surface area contributed by atoms with Crippen LogP contribution in [0.5, 0.6) is 0 Å². The highest BCUT2D eigenvalue weighted by molar-refractivity contribution is 5.76. The van der Waals surface area contributed by atoms with Gasteiger partial charge in [-0.15, -0.1) is 0 Å². The highest BCUT2D eigenvalue weighted by Crippen LogP contribution is 2.15. The Balaban J connectivity index is 3.79. The molecule has 0 bridgehead atoms. The number of aliphatic hydroxyl groups excluding tert-OH is 1. The van der Waals surface area contributed by atoms with Crippen LogP contribution in [0.15, 0.2) is 0 Å². The molecule has 0 atom stereocenters. The van der Waals surface area contributed by atoms with Crippen LogP contribution in [-0.2, 0) is 9.53 Å². The van der Waals surface area contributed by atoms with Gasteiger partial charge in [-0.3, -0.25) is 4.79 Å². The number of carbonyl (C=O) groups is 1. The fourth-order valence-electron chi connectivity index (χ4n) is 5.65. The lowest BCUT2D eigenvalue weighted by molar-refractivity contribution is -0.132. The van der Waals surface area contributed by atoms with Gasteiger partial charge in [0.1, 0.15) is 0 Å². The third-order valence-electron chi connectivity index (χ3n) is 8.37. The molecule has 0 aromatic heterocycles. The summed E-state index contributed by atoms with van der Waals surface area (Å²) < 4.78 is 5.47. The van der Waals surface area contributed by atoms with E-state index in [-0.39, 0.29) is 6.61 Å². The van der Waals surface area contributed by atoms with Crippen LogP contribution in [0.3, 0.4) is 0 Å². The van der Waals surface area contributed by atoms with Gasteiger partial charge in [0, 0.05) is 19.5 Å². The molecular weight excluding hydrogens is 494 g/mol. The van der Waals surface area contributed by atoms with E-state index < -0.39 is 0 Å². The predicted octanol–water partition coefficient (Wildman–Crippen LogP) is 10.8. The first-order valence-electron chi connectivity index (χ1n) is 18.2. The zero-order valence-corrected chi connectivity index (χ0v) is 27.5. The number of nitrogens with zero attached hydrogens (tertiary/aromatic N) is 1. The summed E-state index contributed by atoms with van der Waals surface area (Å²) in [6, 6.07) is 0. The molecule has 0 aromatic rings. The number of rotatable bonds is 34. The van der Waals surface area contributed by atoms with Gasteiger partial charge in [-0.1, -0.05) is 174 Å². The maximum atomic E-state index is 12.9. The molecule has 0 aliphatic heterocycles. The fraction of sp³-hybridized carbons (Fsp3) is 0.972. The molecule has 4 heteroatoms. The van der Waals surface area contributed by atoms with E-state index >= 15 is 0 Å². The van der Waals surface area contributed by atoms with Gasteiger partial charge in [0.25, 0.3) is 0 Å². The molecule has 0 aliphatic rings. The number of amides is 1. The van der Waals surface area contributed by atoms with Crippen LogP contribution < -0.4 is 0 Å². The Hall–Kier alpha value is -0.610. The fourth-order valence-corrected chi connectivity index (χ4v) is 5.65. The van der Waals surface area contributed by atoms with E-state index in [1.807, 2.05) is 4.90 Å². The van der Waals surface area contributed by atoms with Crippen molar-refractivity contribution < 1.29 is 14.6 Å². The molecule has 0 radical (unpaired) electrons. The first kappa shape index (κ1) is 39.4. The van der Waals surface area contributed by atoms with E-state index in [1.54, 1.807) is 0 Å². The van der Waals surface area contributed by atoms with Gasteiger partial charge in [0.2, 0.25) is 5.91 Å². The van der Waals surface area contributed by atoms with E-state index in [0.717, 1.165) is 19.4 Å². The predicted molar refractivity (Wildman–Crippen MR) is 175 cm³/mol. The van der Waals surface area contributed by atoms with Crippen LogP contribution in [0, 0.1) is 0 Å². The number of unbranched alkanes of at least 4 members (excludes halogenated alkanes) is 25. The number of ether oxygens (including phenoxy) is 1. The van der Waals surface area contributed by atoms with Crippen molar-refractivity contribution >= 4 is 5.91 Å². The van der Waals surface area contributed by atoms with Crippen LogP contribution in [0.1, 0.15) is 194 Å².